The Morgan fingerprint density at radius 1 is 1.42 bits per heavy atom. The first-order valence-electron chi connectivity index (χ1n) is 6.00. The van der Waals surface area contributed by atoms with E-state index in [9.17, 15) is 4.39 Å². The molecule has 0 fully saturated rings. The molecule has 0 radical (unpaired) electrons. The molecule has 0 aliphatic heterocycles. The minimum Gasteiger partial charge on any atom is -0.323 e. The van der Waals surface area contributed by atoms with Crippen molar-refractivity contribution >= 4 is 34.2 Å². The number of hydrogen-bond acceptors (Lipinski definition) is 2. The molecule has 0 spiro atoms. The summed E-state index contributed by atoms with van der Waals surface area (Å²) in [6.45, 7) is 2.92. The van der Waals surface area contributed by atoms with Crippen LogP contribution in [0.4, 0.5) is 4.39 Å². The molecule has 1 aromatic heterocycles. The highest BCUT2D eigenvalue weighted by Gasteiger charge is 2.17. The van der Waals surface area contributed by atoms with Gasteiger partial charge in [-0.15, -0.1) is 11.6 Å². The molecule has 2 aromatic rings. The summed E-state index contributed by atoms with van der Waals surface area (Å²) in [5.41, 5.74) is 1.40. The fourth-order valence-electron chi connectivity index (χ4n) is 2.34. The predicted octanol–water partition coefficient (Wildman–Crippen LogP) is 3.69. The number of alkyl halides is 1. The van der Waals surface area contributed by atoms with Crippen LogP contribution in [0.5, 0.6) is 0 Å². The average molecular weight is 304 g/mol. The van der Waals surface area contributed by atoms with Crippen LogP contribution in [0.2, 0.25) is 5.02 Å². The quantitative estimate of drug-likeness (QED) is 0.803. The van der Waals surface area contributed by atoms with Crippen LogP contribution < -0.4 is 0 Å². The maximum Gasteiger partial charge on any atom is 0.144 e. The van der Waals surface area contributed by atoms with E-state index in [1.165, 1.54) is 6.07 Å². The van der Waals surface area contributed by atoms with E-state index in [1.54, 1.807) is 6.07 Å². The van der Waals surface area contributed by atoms with Crippen molar-refractivity contribution in [2.24, 2.45) is 0 Å². The fraction of sp³-hybridized carbons (Fsp3) is 0.462. The summed E-state index contributed by atoms with van der Waals surface area (Å²) >= 11 is 11.8. The molecule has 0 aliphatic rings. The number of hydrogen-bond donors (Lipinski definition) is 0. The van der Waals surface area contributed by atoms with Crippen LogP contribution >= 0.6 is 23.2 Å². The van der Waals surface area contributed by atoms with Gasteiger partial charge in [-0.3, -0.25) is 0 Å². The molecule has 1 unspecified atom stereocenters. The van der Waals surface area contributed by atoms with Gasteiger partial charge in [0.1, 0.15) is 11.6 Å². The van der Waals surface area contributed by atoms with Gasteiger partial charge >= 0.3 is 0 Å². The zero-order valence-electron chi connectivity index (χ0n) is 11.1. The number of likely N-dealkylation sites (N-methyl/N-ethyl adjacent to an activating group) is 1. The molecule has 0 saturated heterocycles. The Bertz CT molecular complexity index is 595. The van der Waals surface area contributed by atoms with Crippen LogP contribution in [0.15, 0.2) is 12.1 Å². The lowest BCUT2D eigenvalue weighted by atomic mass is 10.2. The number of aromatic nitrogens is 2. The van der Waals surface area contributed by atoms with Gasteiger partial charge in [0.2, 0.25) is 0 Å². The minimum absolute atomic E-state index is 0.104. The molecule has 0 saturated carbocycles. The van der Waals surface area contributed by atoms with E-state index in [4.69, 9.17) is 23.2 Å². The molecule has 19 heavy (non-hydrogen) atoms. The first-order valence-corrected chi connectivity index (χ1v) is 6.91. The maximum atomic E-state index is 13.5. The summed E-state index contributed by atoms with van der Waals surface area (Å²) in [5.74, 6) is 0.555. The van der Waals surface area contributed by atoms with E-state index < -0.39 is 5.82 Å². The number of rotatable bonds is 4. The fourth-order valence-corrected chi connectivity index (χ4v) is 2.68. The molecule has 3 nitrogen and oxygen atoms in total. The standard InChI is InChI=1S/C13H16Cl2FN3/c1-8(7-18(2)3)19-12-4-9(15)10(16)5-11(12)17-13(19)6-14/h4-5,8H,6-7H2,1-3H3. The van der Waals surface area contributed by atoms with Gasteiger partial charge in [-0.25, -0.2) is 9.37 Å². The summed E-state index contributed by atoms with van der Waals surface area (Å²) < 4.78 is 15.5. The highest BCUT2D eigenvalue weighted by Crippen LogP contribution is 2.27. The third-order valence-electron chi connectivity index (χ3n) is 2.99. The predicted molar refractivity (Wildman–Crippen MR) is 77.5 cm³/mol. The Morgan fingerprint density at radius 3 is 2.68 bits per heavy atom. The van der Waals surface area contributed by atoms with Crippen molar-refractivity contribution in [1.29, 1.82) is 0 Å². The Balaban J connectivity index is 2.59. The topological polar surface area (TPSA) is 21.1 Å². The third kappa shape index (κ3) is 2.86. The lowest BCUT2D eigenvalue weighted by Crippen LogP contribution is -2.23. The number of nitrogens with zero attached hydrogens (tertiary/aromatic N) is 3. The molecular weight excluding hydrogens is 288 g/mol. The zero-order chi connectivity index (χ0) is 14.2. The van der Waals surface area contributed by atoms with Crippen molar-refractivity contribution < 1.29 is 4.39 Å². The highest BCUT2D eigenvalue weighted by molar-refractivity contribution is 6.31. The van der Waals surface area contributed by atoms with Crippen LogP contribution in [0.1, 0.15) is 18.8 Å². The van der Waals surface area contributed by atoms with Gasteiger partial charge in [-0.1, -0.05) is 11.6 Å². The molecular formula is C13H16Cl2FN3. The van der Waals surface area contributed by atoms with E-state index >= 15 is 0 Å². The van der Waals surface area contributed by atoms with Crippen molar-refractivity contribution in [3.05, 3.63) is 28.8 Å². The van der Waals surface area contributed by atoms with Crippen molar-refractivity contribution in [3.63, 3.8) is 0 Å². The van der Waals surface area contributed by atoms with E-state index in [0.29, 0.717) is 5.52 Å². The van der Waals surface area contributed by atoms with Gasteiger partial charge in [0.25, 0.3) is 0 Å². The average Bonchev–Trinajstić information content (AvgIpc) is 2.66. The Morgan fingerprint density at radius 2 is 2.11 bits per heavy atom. The SMILES string of the molecule is CC(CN(C)C)n1c(CCl)nc2cc(F)c(Cl)cc21. The van der Waals surface area contributed by atoms with E-state index in [0.717, 1.165) is 17.9 Å². The number of imidazole rings is 1. The molecule has 0 bridgehead atoms. The lowest BCUT2D eigenvalue weighted by molar-refractivity contribution is 0.337. The summed E-state index contributed by atoms with van der Waals surface area (Å²) in [5, 5.41) is 0.104. The minimum atomic E-state index is -0.458. The van der Waals surface area contributed by atoms with Gasteiger partial charge in [-0.05, 0) is 27.1 Å². The second-order valence-electron chi connectivity index (χ2n) is 4.90. The second kappa shape index (κ2) is 5.65. The van der Waals surface area contributed by atoms with E-state index in [2.05, 4.69) is 16.8 Å². The highest BCUT2D eigenvalue weighted by atomic mass is 35.5. The van der Waals surface area contributed by atoms with Crippen LogP contribution in [0.3, 0.4) is 0 Å². The summed E-state index contributed by atoms with van der Waals surface area (Å²) in [6.07, 6.45) is 0. The normalized spacial score (nSPS) is 13.4. The maximum absolute atomic E-state index is 13.5. The molecule has 0 N–H and O–H groups in total. The first kappa shape index (κ1) is 14.6. The number of fused-ring (bicyclic) bond motifs is 1. The molecule has 1 aromatic carbocycles. The molecule has 1 atom stereocenters. The van der Waals surface area contributed by atoms with E-state index in [-0.39, 0.29) is 16.9 Å². The van der Waals surface area contributed by atoms with Crippen LogP contribution in [0, 0.1) is 5.82 Å². The van der Waals surface area contributed by atoms with E-state index in [1.807, 2.05) is 18.7 Å². The smallest absolute Gasteiger partial charge is 0.144 e. The lowest BCUT2D eigenvalue weighted by Gasteiger charge is -2.20. The van der Waals surface area contributed by atoms with Gasteiger partial charge in [0.15, 0.2) is 0 Å². The van der Waals surface area contributed by atoms with Crippen LogP contribution in [0.25, 0.3) is 11.0 Å². The monoisotopic (exact) mass is 303 g/mol. The Hall–Kier alpha value is -0.840. The third-order valence-corrected chi connectivity index (χ3v) is 3.52. The van der Waals surface area contributed by atoms with Gasteiger partial charge in [0.05, 0.1) is 21.9 Å². The van der Waals surface area contributed by atoms with Gasteiger partial charge < -0.3 is 9.47 Å². The molecule has 6 heteroatoms. The van der Waals surface area contributed by atoms with Crippen molar-refractivity contribution in [2.45, 2.75) is 18.8 Å². The van der Waals surface area contributed by atoms with Crippen molar-refractivity contribution in [1.82, 2.24) is 14.5 Å². The molecule has 1 heterocycles. The molecule has 2 rings (SSSR count). The summed E-state index contributed by atoms with van der Waals surface area (Å²) in [4.78, 5) is 6.46. The number of benzene rings is 1. The van der Waals surface area contributed by atoms with Gasteiger partial charge in [0, 0.05) is 18.7 Å². The van der Waals surface area contributed by atoms with Gasteiger partial charge in [-0.2, -0.15) is 0 Å². The zero-order valence-corrected chi connectivity index (χ0v) is 12.6. The molecule has 0 aliphatic carbocycles. The first-order chi connectivity index (χ1) is 8.93. The second-order valence-corrected chi connectivity index (χ2v) is 5.57. The van der Waals surface area contributed by atoms with Crippen molar-refractivity contribution in [3.8, 4) is 0 Å². The summed E-state index contributed by atoms with van der Waals surface area (Å²) in [6, 6.07) is 3.14. The largest absolute Gasteiger partial charge is 0.323 e. The molecule has 0 amide bonds. The van der Waals surface area contributed by atoms with Crippen molar-refractivity contribution in [2.75, 3.05) is 20.6 Å². The molecule has 104 valence electrons. The Labute approximate surface area is 121 Å². The van der Waals surface area contributed by atoms with Crippen LogP contribution in [-0.2, 0) is 5.88 Å². The van der Waals surface area contributed by atoms with Crippen LogP contribution in [-0.4, -0.2) is 35.1 Å². The Kier molecular flexibility index (Phi) is 4.33. The summed E-state index contributed by atoms with van der Waals surface area (Å²) in [7, 11) is 4.01. The number of halogens is 3.